The fraction of sp³-hybridized carbons (Fsp3) is 0.500. The van der Waals surface area contributed by atoms with Crippen molar-refractivity contribution in [3.63, 3.8) is 0 Å². The zero-order valence-corrected chi connectivity index (χ0v) is 17.2. The number of nitrogens with zero attached hydrogens (tertiary/aromatic N) is 3. The van der Waals surface area contributed by atoms with E-state index in [2.05, 4.69) is 20.3 Å². The molecule has 10 heteroatoms. The second-order valence-corrected chi connectivity index (χ2v) is 6.96. The quantitative estimate of drug-likeness (QED) is 0.327. The lowest BCUT2D eigenvalue weighted by molar-refractivity contribution is 0.268. The van der Waals surface area contributed by atoms with Crippen molar-refractivity contribution < 1.29 is 19.3 Å². The van der Waals surface area contributed by atoms with Crippen molar-refractivity contribution in [3.05, 3.63) is 24.2 Å². The van der Waals surface area contributed by atoms with Crippen LogP contribution in [0.2, 0.25) is 0 Å². The number of hydrogen-bond donors (Lipinski definition) is 4. The molecule has 9 nitrogen and oxygen atoms in total. The molecule has 2 aromatic heterocycles. The van der Waals surface area contributed by atoms with Gasteiger partial charge in [0.15, 0.2) is 23.1 Å². The van der Waals surface area contributed by atoms with Crippen LogP contribution in [-0.2, 0) is 6.61 Å². The van der Waals surface area contributed by atoms with Gasteiger partial charge in [0.25, 0.3) is 0 Å². The zero-order chi connectivity index (χ0) is 20.6. The lowest BCUT2D eigenvalue weighted by Crippen LogP contribution is -2.33. The molecule has 4 N–H and O–H groups in total. The Morgan fingerprint density at radius 3 is 2.64 bits per heavy atom. The highest BCUT2D eigenvalue weighted by atomic mass is 32.1. The van der Waals surface area contributed by atoms with Gasteiger partial charge in [0.2, 0.25) is 5.95 Å². The summed E-state index contributed by atoms with van der Waals surface area (Å²) in [6.45, 7) is 2.13. The molecule has 28 heavy (non-hydrogen) atoms. The number of rotatable bonds is 11. The third-order valence-electron chi connectivity index (χ3n) is 4.04. The van der Waals surface area contributed by atoms with Crippen LogP contribution in [0.1, 0.15) is 31.9 Å². The number of pyridine rings is 1. The van der Waals surface area contributed by atoms with Gasteiger partial charge in [-0.3, -0.25) is 4.98 Å². The first-order valence-electron chi connectivity index (χ1n) is 8.89. The summed E-state index contributed by atoms with van der Waals surface area (Å²) in [7, 11) is 3.09. The lowest BCUT2D eigenvalue weighted by atomic mass is 10.1. The van der Waals surface area contributed by atoms with E-state index in [4.69, 9.17) is 32.6 Å². The summed E-state index contributed by atoms with van der Waals surface area (Å²) in [4.78, 5) is 11.9. The number of nitrogen functional groups attached to an aromatic ring is 1. The third kappa shape index (κ3) is 5.52. The van der Waals surface area contributed by atoms with Crippen molar-refractivity contribution in [3.8, 4) is 17.2 Å². The highest BCUT2D eigenvalue weighted by molar-refractivity contribution is 7.82. The largest absolute Gasteiger partial charge is 0.493 e. The Labute approximate surface area is 170 Å². The number of aliphatic hydroxyl groups is 1. The molecule has 0 aliphatic carbocycles. The first-order valence-corrected chi connectivity index (χ1v) is 9.33. The van der Waals surface area contributed by atoms with Crippen LogP contribution in [0.3, 0.4) is 0 Å². The van der Waals surface area contributed by atoms with E-state index in [0.717, 1.165) is 6.42 Å². The predicted octanol–water partition coefficient (Wildman–Crippen LogP) is 2.27. The summed E-state index contributed by atoms with van der Waals surface area (Å²) in [5, 5.41) is 12.6. The van der Waals surface area contributed by atoms with E-state index in [9.17, 15) is 5.11 Å². The first-order chi connectivity index (χ1) is 13.5. The van der Waals surface area contributed by atoms with Crippen LogP contribution in [0, 0.1) is 0 Å². The van der Waals surface area contributed by atoms with Crippen LogP contribution >= 0.6 is 12.6 Å². The fourth-order valence-corrected chi connectivity index (χ4v) is 3.18. The molecule has 0 fully saturated rings. The summed E-state index contributed by atoms with van der Waals surface area (Å²) < 4.78 is 16.5. The molecular formula is C18H27N5O4S. The number of anilines is 2. The number of ether oxygens (including phenoxy) is 3. The maximum absolute atomic E-state index is 9.38. The van der Waals surface area contributed by atoms with Crippen LogP contribution in [0.5, 0.6) is 17.2 Å². The lowest BCUT2D eigenvalue weighted by Gasteiger charge is -2.30. The minimum absolute atomic E-state index is 0.0157. The number of thiol groups is 1. The summed E-state index contributed by atoms with van der Waals surface area (Å²) in [6.07, 6.45) is 5.11. The Hall–Kier alpha value is -2.46. The van der Waals surface area contributed by atoms with E-state index >= 15 is 0 Å². The number of aromatic nitrogens is 3. The number of aliphatic hydroxyl groups excluding tert-OH is 1. The molecule has 0 saturated heterocycles. The van der Waals surface area contributed by atoms with Gasteiger partial charge in [-0.25, -0.2) is 4.98 Å². The fourth-order valence-electron chi connectivity index (χ4n) is 2.75. The molecule has 154 valence electrons. The van der Waals surface area contributed by atoms with Crippen molar-refractivity contribution in [1.29, 1.82) is 0 Å². The molecule has 0 saturated carbocycles. The average Bonchev–Trinajstić information content (AvgIpc) is 2.67. The molecule has 0 bridgehead atoms. The summed E-state index contributed by atoms with van der Waals surface area (Å²) >= 11 is 4.69. The van der Waals surface area contributed by atoms with E-state index in [1.54, 1.807) is 19.4 Å². The zero-order valence-electron chi connectivity index (χ0n) is 16.3. The maximum Gasteiger partial charge on any atom is 0.222 e. The molecule has 0 aliphatic rings. The molecule has 2 heterocycles. The molecule has 0 aliphatic heterocycles. The van der Waals surface area contributed by atoms with Crippen LogP contribution in [0.15, 0.2) is 18.5 Å². The van der Waals surface area contributed by atoms with E-state index in [1.807, 2.05) is 6.92 Å². The summed E-state index contributed by atoms with van der Waals surface area (Å²) in [5.74, 6) is 1.93. The van der Waals surface area contributed by atoms with Gasteiger partial charge in [0.05, 0.1) is 25.3 Å². The first kappa shape index (κ1) is 21.8. The van der Waals surface area contributed by atoms with E-state index in [0.29, 0.717) is 41.6 Å². The molecule has 2 aromatic rings. The molecular weight excluding hydrogens is 382 g/mol. The predicted molar refractivity (Wildman–Crippen MR) is 110 cm³/mol. The van der Waals surface area contributed by atoms with Crippen molar-refractivity contribution in [2.75, 3.05) is 31.9 Å². The van der Waals surface area contributed by atoms with Gasteiger partial charge in [-0.05, 0) is 6.42 Å². The van der Waals surface area contributed by atoms with Gasteiger partial charge < -0.3 is 30.4 Å². The van der Waals surface area contributed by atoms with Crippen LogP contribution in [0.4, 0.5) is 11.8 Å². The molecule has 0 aromatic carbocycles. The second kappa shape index (κ2) is 10.2. The number of nitrogens with one attached hydrogen (secondary N) is 1. The molecule has 2 rings (SSSR count). The van der Waals surface area contributed by atoms with E-state index < -0.39 is 4.87 Å². The average molecular weight is 410 g/mol. The van der Waals surface area contributed by atoms with E-state index in [1.165, 1.54) is 13.3 Å². The Balaban J connectivity index is 2.25. The molecule has 0 radical (unpaired) electrons. The summed E-state index contributed by atoms with van der Waals surface area (Å²) in [6, 6.07) is 1.70. The van der Waals surface area contributed by atoms with Gasteiger partial charge in [-0.15, -0.1) is 0 Å². The molecule has 0 spiro atoms. The smallest absolute Gasteiger partial charge is 0.222 e. The second-order valence-electron chi connectivity index (χ2n) is 6.10. The Bertz CT molecular complexity index is 772. The van der Waals surface area contributed by atoms with Crippen molar-refractivity contribution in [1.82, 2.24) is 15.0 Å². The standard InChI is InChI=1S/C18H27N5O4S/c1-4-6-18(28,7-9-24)23-16-14(10-21-17(19)22-16)27-11-12-15(26-3)13(25-2)5-8-20-12/h5,8,10,24,28H,4,6-7,9,11H2,1-3H3,(H3,19,21,22,23)/t18-/m0/s1. The van der Waals surface area contributed by atoms with Gasteiger partial charge in [0, 0.05) is 25.3 Å². The normalized spacial score (nSPS) is 12.9. The maximum atomic E-state index is 9.38. The number of nitrogens with two attached hydrogens (primary N) is 1. The minimum Gasteiger partial charge on any atom is -0.493 e. The SMILES string of the molecule is CCC[C@](S)(CCO)Nc1nc(N)ncc1OCc1nccc(OC)c1OC. The monoisotopic (exact) mass is 409 g/mol. The Morgan fingerprint density at radius 2 is 2.00 bits per heavy atom. The van der Waals surface area contributed by atoms with Gasteiger partial charge >= 0.3 is 0 Å². The summed E-state index contributed by atoms with van der Waals surface area (Å²) in [5.41, 5.74) is 6.30. The van der Waals surface area contributed by atoms with Crippen molar-refractivity contribution in [2.24, 2.45) is 0 Å². The molecule has 0 amide bonds. The number of hydrogen-bond acceptors (Lipinski definition) is 10. The molecule has 1 atom stereocenters. The minimum atomic E-state index is -0.658. The van der Waals surface area contributed by atoms with Gasteiger partial charge in [0.1, 0.15) is 12.3 Å². The number of methoxy groups -OCH3 is 2. The van der Waals surface area contributed by atoms with E-state index in [-0.39, 0.29) is 19.2 Å². The third-order valence-corrected chi connectivity index (χ3v) is 4.60. The van der Waals surface area contributed by atoms with Crippen LogP contribution in [0.25, 0.3) is 0 Å². The highest BCUT2D eigenvalue weighted by Gasteiger charge is 2.26. The van der Waals surface area contributed by atoms with Crippen LogP contribution in [-0.4, -0.2) is 45.8 Å². The molecule has 0 unspecified atom stereocenters. The van der Waals surface area contributed by atoms with Crippen molar-refractivity contribution in [2.45, 2.75) is 37.7 Å². The Kier molecular flexibility index (Phi) is 7.94. The van der Waals surface area contributed by atoms with Crippen molar-refractivity contribution >= 4 is 24.4 Å². The highest BCUT2D eigenvalue weighted by Crippen LogP contribution is 2.33. The van der Waals surface area contributed by atoms with Gasteiger partial charge in [-0.1, -0.05) is 13.3 Å². The topological polar surface area (TPSA) is 125 Å². The van der Waals surface area contributed by atoms with Gasteiger partial charge in [-0.2, -0.15) is 17.6 Å². The Morgan fingerprint density at radius 1 is 1.21 bits per heavy atom. The van der Waals surface area contributed by atoms with Crippen LogP contribution < -0.4 is 25.3 Å².